The molecule has 0 bridgehead atoms. The maximum atomic E-state index is 12.3. The van der Waals surface area contributed by atoms with E-state index < -0.39 is 0 Å². The highest BCUT2D eigenvalue weighted by Crippen LogP contribution is 2.19. The highest BCUT2D eigenvalue weighted by molar-refractivity contribution is 5.93. The van der Waals surface area contributed by atoms with Crippen LogP contribution in [0.2, 0.25) is 0 Å². The van der Waals surface area contributed by atoms with Crippen LogP contribution in [-0.4, -0.2) is 34.8 Å². The Balaban J connectivity index is 1.94. The van der Waals surface area contributed by atoms with Crippen molar-refractivity contribution in [2.24, 2.45) is 5.92 Å². The Morgan fingerprint density at radius 2 is 2.29 bits per heavy atom. The molecule has 1 aliphatic rings. The average molecular weight is 289 g/mol. The van der Waals surface area contributed by atoms with Gasteiger partial charge in [-0.15, -0.1) is 0 Å². The number of nitrogens with zero attached hydrogens (tertiary/aromatic N) is 2. The summed E-state index contributed by atoms with van der Waals surface area (Å²) in [5.41, 5.74) is 1.64. The minimum Gasteiger partial charge on any atom is -0.342 e. The molecule has 0 unspecified atom stereocenters. The third-order valence-corrected chi connectivity index (χ3v) is 3.77. The number of hydrogen-bond acceptors (Lipinski definition) is 3. The van der Waals surface area contributed by atoms with E-state index in [4.69, 9.17) is 0 Å². The summed E-state index contributed by atoms with van der Waals surface area (Å²) in [6.07, 6.45) is 4.83. The molecule has 2 rings (SSSR count). The normalized spacial score (nSPS) is 18.4. The second kappa shape index (κ2) is 7.20. The van der Waals surface area contributed by atoms with Crippen molar-refractivity contribution in [1.82, 2.24) is 9.88 Å². The Kier molecular flexibility index (Phi) is 5.31. The highest BCUT2D eigenvalue weighted by Gasteiger charge is 2.28. The fourth-order valence-electron chi connectivity index (χ4n) is 2.66. The minimum absolute atomic E-state index is 0.00500. The van der Waals surface area contributed by atoms with Gasteiger partial charge in [-0.05, 0) is 38.3 Å². The SMILES string of the molecule is CCCC(=O)N1CCC[C@H](C(=O)Nc2ccnc(C)c2)C1. The maximum absolute atomic E-state index is 12.3. The van der Waals surface area contributed by atoms with Crippen molar-refractivity contribution in [3.8, 4) is 0 Å². The molecule has 2 heterocycles. The molecule has 21 heavy (non-hydrogen) atoms. The van der Waals surface area contributed by atoms with Gasteiger partial charge in [-0.3, -0.25) is 14.6 Å². The van der Waals surface area contributed by atoms with Gasteiger partial charge in [0.2, 0.25) is 11.8 Å². The van der Waals surface area contributed by atoms with Crippen LogP contribution in [0.15, 0.2) is 18.3 Å². The summed E-state index contributed by atoms with van der Waals surface area (Å²) in [4.78, 5) is 30.2. The lowest BCUT2D eigenvalue weighted by atomic mass is 9.96. The predicted octanol–water partition coefficient (Wildman–Crippen LogP) is 2.37. The number of carbonyl (C=O) groups excluding carboxylic acids is 2. The van der Waals surface area contributed by atoms with E-state index in [-0.39, 0.29) is 17.7 Å². The Labute approximate surface area is 125 Å². The molecule has 0 saturated carbocycles. The van der Waals surface area contributed by atoms with Crippen LogP contribution in [0.5, 0.6) is 0 Å². The summed E-state index contributed by atoms with van der Waals surface area (Å²) in [5.74, 6) is 0.0392. The first-order chi connectivity index (χ1) is 10.1. The van der Waals surface area contributed by atoms with Crippen molar-refractivity contribution in [3.63, 3.8) is 0 Å². The van der Waals surface area contributed by atoms with Gasteiger partial charge in [0.05, 0.1) is 5.92 Å². The van der Waals surface area contributed by atoms with Gasteiger partial charge in [-0.25, -0.2) is 0 Å². The maximum Gasteiger partial charge on any atom is 0.229 e. The Bertz CT molecular complexity index is 516. The number of rotatable bonds is 4. The molecule has 1 aromatic heterocycles. The molecule has 0 radical (unpaired) electrons. The van der Waals surface area contributed by atoms with Crippen molar-refractivity contribution in [3.05, 3.63) is 24.0 Å². The largest absolute Gasteiger partial charge is 0.342 e. The number of pyridine rings is 1. The zero-order valence-corrected chi connectivity index (χ0v) is 12.8. The molecular formula is C16H23N3O2. The van der Waals surface area contributed by atoms with E-state index in [1.165, 1.54) is 0 Å². The molecule has 5 heteroatoms. The molecule has 2 amide bonds. The number of amides is 2. The summed E-state index contributed by atoms with van der Waals surface area (Å²) < 4.78 is 0. The van der Waals surface area contributed by atoms with E-state index in [0.717, 1.165) is 37.2 Å². The number of likely N-dealkylation sites (tertiary alicyclic amines) is 1. The number of aryl methyl sites for hydroxylation is 1. The molecule has 0 spiro atoms. The third kappa shape index (κ3) is 4.28. The molecule has 1 N–H and O–H groups in total. The smallest absolute Gasteiger partial charge is 0.229 e. The molecule has 1 atom stereocenters. The molecule has 1 saturated heterocycles. The minimum atomic E-state index is -0.118. The number of nitrogens with one attached hydrogen (secondary N) is 1. The zero-order valence-electron chi connectivity index (χ0n) is 12.8. The second-order valence-electron chi connectivity index (χ2n) is 5.60. The van der Waals surface area contributed by atoms with Crippen molar-refractivity contribution in [2.75, 3.05) is 18.4 Å². The Morgan fingerprint density at radius 1 is 1.48 bits per heavy atom. The van der Waals surface area contributed by atoms with Gasteiger partial charge in [0.25, 0.3) is 0 Å². The van der Waals surface area contributed by atoms with E-state index >= 15 is 0 Å². The predicted molar refractivity (Wildman–Crippen MR) is 81.8 cm³/mol. The molecule has 0 aromatic carbocycles. The first kappa shape index (κ1) is 15.5. The molecule has 1 fully saturated rings. The van der Waals surface area contributed by atoms with Crippen LogP contribution in [0.4, 0.5) is 5.69 Å². The molecule has 0 aliphatic carbocycles. The van der Waals surface area contributed by atoms with Crippen LogP contribution < -0.4 is 5.32 Å². The van der Waals surface area contributed by atoms with Crippen molar-refractivity contribution in [2.45, 2.75) is 39.5 Å². The van der Waals surface area contributed by atoms with Gasteiger partial charge in [0.15, 0.2) is 0 Å². The van der Waals surface area contributed by atoms with E-state index in [1.54, 1.807) is 12.3 Å². The molecule has 5 nitrogen and oxygen atoms in total. The number of hydrogen-bond donors (Lipinski definition) is 1. The Hall–Kier alpha value is -1.91. The monoisotopic (exact) mass is 289 g/mol. The first-order valence-electron chi connectivity index (χ1n) is 7.61. The fourth-order valence-corrected chi connectivity index (χ4v) is 2.66. The van der Waals surface area contributed by atoms with E-state index in [9.17, 15) is 9.59 Å². The topological polar surface area (TPSA) is 62.3 Å². The number of aromatic nitrogens is 1. The molecular weight excluding hydrogens is 266 g/mol. The molecule has 114 valence electrons. The quantitative estimate of drug-likeness (QED) is 0.925. The lowest BCUT2D eigenvalue weighted by Crippen LogP contribution is -2.43. The summed E-state index contributed by atoms with van der Waals surface area (Å²) in [6.45, 7) is 5.20. The molecule has 1 aliphatic heterocycles. The van der Waals surface area contributed by atoms with Gasteiger partial charge in [0, 0.05) is 37.1 Å². The highest BCUT2D eigenvalue weighted by atomic mass is 16.2. The summed E-state index contributed by atoms with van der Waals surface area (Å²) in [6, 6.07) is 3.63. The van der Waals surface area contributed by atoms with Crippen LogP contribution in [-0.2, 0) is 9.59 Å². The van der Waals surface area contributed by atoms with Crippen molar-refractivity contribution < 1.29 is 9.59 Å². The summed E-state index contributed by atoms with van der Waals surface area (Å²) in [5, 5.41) is 2.93. The number of anilines is 1. The lowest BCUT2D eigenvalue weighted by Gasteiger charge is -2.32. The van der Waals surface area contributed by atoms with E-state index in [0.29, 0.717) is 13.0 Å². The van der Waals surface area contributed by atoms with Gasteiger partial charge in [-0.1, -0.05) is 6.92 Å². The van der Waals surface area contributed by atoms with Gasteiger partial charge in [-0.2, -0.15) is 0 Å². The number of piperidine rings is 1. The van der Waals surface area contributed by atoms with Crippen LogP contribution in [0, 0.1) is 12.8 Å². The zero-order chi connectivity index (χ0) is 15.2. The van der Waals surface area contributed by atoms with Crippen LogP contribution >= 0.6 is 0 Å². The lowest BCUT2D eigenvalue weighted by molar-refractivity contribution is -0.134. The number of carbonyl (C=O) groups is 2. The van der Waals surface area contributed by atoms with Crippen LogP contribution in [0.25, 0.3) is 0 Å². The Morgan fingerprint density at radius 3 is 3.00 bits per heavy atom. The van der Waals surface area contributed by atoms with E-state index in [1.807, 2.05) is 24.8 Å². The fraction of sp³-hybridized carbons (Fsp3) is 0.562. The molecule has 1 aromatic rings. The van der Waals surface area contributed by atoms with Gasteiger partial charge in [0.1, 0.15) is 0 Å². The summed E-state index contributed by atoms with van der Waals surface area (Å²) in [7, 11) is 0. The average Bonchev–Trinajstić information content (AvgIpc) is 2.47. The second-order valence-corrected chi connectivity index (χ2v) is 5.60. The van der Waals surface area contributed by atoms with Gasteiger partial charge >= 0.3 is 0 Å². The van der Waals surface area contributed by atoms with Crippen molar-refractivity contribution in [1.29, 1.82) is 0 Å². The van der Waals surface area contributed by atoms with Crippen molar-refractivity contribution >= 4 is 17.5 Å². The van der Waals surface area contributed by atoms with Gasteiger partial charge < -0.3 is 10.2 Å². The van der Waals surface area contributed by atoms with E-state index in [2.05, 4.69) is 10.3 Å². The third-order valence-electron chi connectivity index (χ3n) is 3.77. The van der Waals surface area contributed by atoms with Crippen LogP contribution in [0.3, 0.4) is 0 Å². The standard InChI is InChI=1S/C16H23N3O2/c1-3-5-15(20)19-9-4-6-13(11-19)16(21)18-14-7-8-17-12(2)10-14/h7-8,10,13H,3-6,9,11H2,1-2H3,(H,17,18,21)/t13-/m0/s1. The summed E-state index contributed by atoms with van der Waals surface area (Å²) >= 11 is 0. The first-order valence-corrected chi connectivity index (χ1v) is 7.61. The van der Waals surface area contributed by atoms with Crippen LogP contribution in [0.1, 0.15) is 38.3 Å².